The molecule has 2 aliphatic heterocycles. The van der Waals surface area contributed by atoms with Crippen LogP contribution in [0.3, 0.4) is 0 Å². The average molecular weight is 701 g/mol. The Kier molecular flexibility index (Phi) is 8.54. The van der Waals surface area contributed by atoms with Crippen molar-refractivity contribution in [2.24, 2.45) is 0 Å². The van der Waals surface area contributed by atoms with Gasteiger partial charge in [0, 0.05) is 0 Å². The van der Waals surface area contributed by atoms with Crippen LogP contribution in [0, 0.1) is 3.57 Å². The second-order valence-corrected chi connectivity index (χ2v) is 15.4. The number of aromatic nitrogens is 1. The first-order valence-electron chi connectivity index (χ1n) is 11.8. The molecule has 0 aliphatic carbocycles. The number of hydrogen-bond donors (Lipinski definition) is 5. The Morgan fingerprint density at radius 1 is 1.10 bits per heavy atom. The number of rotatable bonds is 7. The van der Waals surface area contributed by atoms with Crippen LogP contribution in [0.4, 0.5) is 10.5 Å². The number of aromatic carboxylic acids is 1. The van der Waals surface area contributed by atoms with E-state index in [-0.39, 0.29) is 11.6 Å². The Hall–Kier alpha value is -2.00. The van der Waals surface area contributed by atoms with Gasteiger partial charge in [0.2, 0.25) is 0 Å². The first-order chi connectivity index (χ1) is 18.1. The molecule has 3 heterocycles. The van der Waals surface area contributed by atoms with Gasteiger partial charge in [-0.15, -0.1) is 0 Å². The van der Waals surface area contributed by atoms with E-state index in [1.54, 1.807) is 6.07 Å². The van der Waals surface area contributed by atoms with Gasteiger partial charge in [0.05, 0.1) is 0 Å². The quantitative estimate of drug-likeness (QED) is 0.100. The van der Waals surface area contributed by atoms with Crippen LogP contribution >= 0.6 is 15.2 Å². The molecule has 1 aromatic heterocycles. The van der Waals surface area contributed by atoms with E-state index < -0.39 is 65.6 Å². The Balaban J connectivity index is 1.59. The Morgan fingerprint density at radius 2 is 1.72 bits per heavy atom. The van der Waals surface area contributed by atoms with Crippen LogP contribution in [0.5, 0.6) is 0 Å². The second kappa shape index (κ2) is 11.1. The number of alkyl halides is 1. The summed E-state index contributed by atoms with van der Waals surface area (Å²) >= 11 is -0.522. The fourth-order valence-electron chi connectivity index (χ4n) is 5.05. The number of anilines is 1. The molecule has 5 N–H and O–H groups in total. The summed E-state index contributed by atoms with van der Waals surface area (Å²) in [6, 6.07) is 1.80. The first kappa shape index (κ1) is 30.0. The third-order valence-electron chi connectivity index (χ3n) is 6.86. The van der Waals surface area contributed by atoms with E-state index in [4.69, 9.17) is 24.3 Å². The van der Waals surface area contributed by atoms with Crippen molar-refractivity contribution < 1.29 is 74.1 Å². The SMILES string of the molecule is C[I-]c1cc2c(=O)c(C(=O)O)cn3c2c(c1N1CCC(OC(=O)OC(P(=O)(O)O)P(=O)(O)O)CC1)CCC3C. The van der Waals surface area contributed by atoms with E-state index >= 15 is 0 Å². The molecule has 0 bridgehead atoms. The topological polar surface area (TPSA) is 213 Å². The molecule has 4 rings (SSSR count). The minimum atomic E-state index is -5.46. The third-order valence-corrected chi connectivity index (χ3v) is 12.0. The van der Waals surface area contributed by atoms with E-state index in [0.717, 1.165) is 26.8 Å². The summed E-state index contributed by atoms with van der Waals surface area (Å²) in [4.78, 5) is 77.6. The maximum atomic E-state index is 13.1. The standard InChI is InChI=1S/C22H28IN2O12P2/c1-11-3-4-13-17-14(19(26)15(20(27)28)10-25(11)17)9-16(23-2)18(13)24-7-5-12(6-8-24)36-21(29)37-22(38(30,31)32)39(33,34)35/h9-12,22H,3-8H2,1-2H3,(H,27,28)(H2,30,31,32)(H2,33,34,35)/q-1. The molecule has 1 fully saturated rings. The van der Waals surface area contributed by atoms with E-state index in [9.17, 15) is 28.6 Å². The van der Waals surface area contributed by atoms with Gasteiger partial charge in [0.1, 0.15) is 0 Å². The summed E-state index contributed by atoms with van der Waals surface area (Å²) in [7, 11) is -10.9. The molecular formula is C22H28IN2O12P2-. The van der Waals surface area contributed by atoms with E-state index in [1.165, 1.54) is 6.20 Å². The number of halogens is 1. The van der Waals surface area contributed by atoms with Gasteiger partial charge in [-0.05, 0) is 0 Å². The molecule has 39 heavy (non-hydrogen) atoms. The molecule has 17 heteroatoms. The first-order valence-corrected chi connectivity index (χ1v) is 18.4. The van der Waals surface area contributed by atoms with Crippen LogP contribution in [0.25, 0.3) is 10.9 Å². The number of ether oxygens (including phenoxy) is 2. The van der Waals surface area contributed by atoms with Crippen LogP contribution in [-0.4, -0.2) is 71.1 Å². The minimum absolute atomic E-state index is 0.00370. The van der Waals surface area contributed by atoms with Crippen LogP contribution in [0.2, 0.25) is 0 Å². The summed E-state index contributed by atoms with van der Waals surface area (Å²) in [5, 5.41) is 9.97. The van der Waals surface area contributed by atoms with Crippen molar-refractivity contribution in [1.29, 1.82) is 0 Å². The zero-order valence-electron chi connectivity index (χ0n) is 20.9. The predicted octanol–water partition coefficient (Wildman–Crippen LogP) is -1.14. The van der Waals surface area contributed by atoms with Crippen LogP contribution in [0.15, 0.2) is 17.1 Å². The number of carbonyl (C=O) groups is 2. The number of piperidine rings is 1. The molecule has 0 spiro atoms. The fraction of sp³-hybridized carbons (Fsp3) is 0.500. The van der Waals surface area contributed by atoms with Crippen LogP contribution in [0.1, 0.15) is 48.1 Å². The van der Waals surface area contributed by atoms with Crippen molar-refractivity contribution in [3.8, 4) is 0 Å². The molecule has 14 nitrogen and oxygen atoms in total. The van der Waals surface area contributed by atoms with Crippen molar-refractivity contribution in [3.63, 3.8) is 0 Å². The van der Waals surface area contributed by atoms with E-state index in [1.807, 2.05) is 16.4 Å². The molecule has 1 atom stereocenters. The third kappa shape index (κ3) is 6.04. The number of nitrogens with zero attached hydrogens (tertiary/aromatic N) is 2. The number of carboxylic acid groups (broad SMARTS) is 1. The molecular weight excluding hydrogens is 673 g/mol. The monoisotopic (exact) mass is 701 g/mol. The summed E-state index contributed by atoms with van der Waals surface area (Å²) in [5.74, 6) is -1.27. The number of pyridine rings is 1. The molecule has 0 amide bonds. The van der Waals surface area contributed by atoms with Crippen molar-refractivity contribution in [2.75, 3.05) is 22.9 Å². The van der Waals surface area contributed by atoms with E-state index in [2.05, 4.69) is 9.64 Å². The Labute approximate surface area is 232 Å². The predicted molar refractivity (Wildman–Crippen MR) is 133 cm³/mol. The van der Waals surface area contributed by atoms with Crippen molar-refractivity contribution in [3.05, 3.63) is 37.2 Å². The normalized spacial score (nSPS) is 18.5. The fourth-order valence-corrected chi connectivity index (χ4v) is 8.87. The molecule has 0 radical (unpaired) electrons. The second-order valence-electron chi connectivity index (χ2n) is 9.42. The Morgan fingerprint density at radius 3 is 2.26 bits per heavy atom. The molecule has 2 aliphatic rings. The molecule has 1 saturated heterocycles. The number of hydrogen-bond acceptors (Lipinski definition) is 8. The molecule has 216 valence electrons. The van der Waals surface area contributed by atoms with Gasteiger partial charge in [0.15, 0.2) is 0 Å². The van der Waals surface area contributed by atoms with Gasteiger partial charge in [-0.25, -0.2) is 0 Å². The van der Waals surface area contributed by atoms with E-state index in [0.29, 0.717) is 37.7 Å². The molecule has 1 aromatic carbocycles. The maximum absolute atomic E-state index is 13.1. The number of carboxylic acids is 1. The van der Waals surface area contributed by atoms with Crippen molar-refractivity contribution in [1.82, 2.24) is 4.57 Å². The number of aryl methyl sites for hydroxylation is 1. The zero-order chi connectivity index (χ0) is 28.9. The van der Waals surface area contributed by atoms with Gasteiger partial charge < -0.3 is 0 Å². The summed E-state index contributed by atoms with van der Waals surface area (Å²) < 4.78 is 35.0. The summed E-state index contributed by atoms with van der Waals surface area (Å²) in [5.41, 5.74) is -1.03. The number of carbonyl (C=O) groups excluding carboxylic acids is 1. The number of benzene rings is 1. The molecule has 1 unspecified atom stereocenters. The summed E-state index contributed by atoms with van der Waals surface area (Å²) in [6.07, 6.45) is 1.20. The molecule has 2 aromatic rings. The van der Waals surface area contributed by atoms with Crippen LogP contribution < -0.4 is 31.5 Å². The van der Waals surface area contributed by atoms with Gasteiger partial charge >= 0.3 is 233 Å². The van der Waals surface area contributed by atoms with Gasteiger partial charge in [0.25, 0.3) is 0 Å². The zero-order valence-corrected chi connectivity index (χ0v) is 24.8. The van der Waals surface area contributed by atoms with Gasteiger partial charge in [-0.2, -0.15) is 0 Å². The van der Waals surface area contributed by atoms with Gasteiger partial charge in [-0.3, -0.25) is 0 Å². The van der Waals surface area contributed by atoms with Crippen LogP contribution in [-0.2, 0) is 25.0 Å². The van der Waals surface area contributed by atoms with Crippen molar-refractivity contribution in [2.45, 2.75) is 50.3 Å². The van der Waals surface area contributed by atoms with Gasteiger partial charge in [-0.1, -0.05) is 0 Å². The average Bonchev–Trinajstić information content (AvgIpc) is 2.84. The summed E-state index contributed by atoms with van der Waals surface area (Å²) in [6.45, 7) is 2.84. The van der Waals surface area contributed by atoms with Crippen molar-refractivity contribution >= 4 is 43.9 Å². The molecule has 0 saturated carbocycles. The Bertz CT molecular complexity index is 1450.